The van der Waals surface area contributed by atoms with E-state index in [0.717, 1.165) is 17.2 Å². The zero-order chi connectivity index (χ0) is 13.0. The summed E-state index contributed by atoms with van der Waals surface area (Å²) < 4.78 is 1.82. The van der Waals surface area contributed by atoms with Gasteiger partial charge in [0.25, 0.3) is 0 Å². The third-order valence-corrected chi connectivity index (χ3v) is 2.36. The average molecular weight is 234 g/mol. The molecule has 0 bridgehead atoms. The molecule has 0 radical (unpaired) electrons. The summed E-state index contributed by atoms with van der Waals surface area (Å²) in [4.78, 5) is 8.88. The molecule has 0 saturated carbocycles. The van der Waals surface area contributed by atoms with Crippen molar-refractivity contribution >= 4 is 5.65 Å². The van der Waals surface area contributed by atoms with E-state index < -0.39 is 0 Å². The van der Waals surface area contributed by atoms with Gasteiger partial charge in [-0.15, -0.1) is 0 Å². The van der Waals surface area contributed by atoms with E-state index in [-0.39, 0.29) is 0 Å². The average Bonchev–Trinajstić information content (AvgIpc) is 2.74. The van der Waals surface area contributed by atoms with E-state index in [1.807, 2.05) is 24.6 Å². The molecule has 0 atom stereocenters. The number of nitrogens with zero attached hydrogens (tertiary/aromatic N) is 4. The number of hydrogen-bond donors (Lipinski definition) is 0. The second-order valence-electron chi connectivity index (χ2n) is 4.36. The fourth-order valence-electron chi connectivity index (χ4n) is 1.50. The van der Waals surface area contributed by atoms with Gasteiger partial charge in [-0.3, -0.25) is 4.98 Å². The van der Waals surface area contributed by atoms with E-state index in [1.54, 1.807) is 6.20 Å². The maximum absolute atomic E-state index is 4.52. The number of hydrogen-bond acceptors (Lipinski definition) is 3. The van der Waals surface area contributed by atoms with Crippen LogP contribution in [-0.2, 0) is 0 Å². The van der Waals surface area contributed by atoms with E-state index in [4.69, 9.17) is 0 Å². The molecule has 0 fully saturated rings. The van der Waals surface area contributed by atoms with Gasteiger partial charge in [-0.05, 0) is 5.92 Å². The van der Waals surface area contributed by atoms with E-state index in [1.165, 1.54) is 0 Å². The van der Waals surface area contributed by atoms with Crippen molar-refractivity contribution in [2.45, 2.75) is 53.4 Å². The van der Waals surface area contributed by atoms with Crippen LogP contribution in [-0.4, -0.2) is 19.6 Å². The van der Waals surface area contributed by atoms with Crippen LogP contribution in [0.15, 0.2) is 12.4 Å². The highest BCUT2D eigenvalue weighted by Gasteiger charge is 2.13. The molecule has 94 valence electrons. The molecule has 0 unspecified atom stereocenters. The summed E-state index contributed by atoms with van der Waals surface area (Å²) in [5, 5.41) is 4.42. The van der Waals surface area contributed by atoms with Crippen LogP contribution >= 0.6 is 0 Å². The van der Waals surface area contributed by atoms with Crippen LogP contribution < -0.4 is 0 Å². The zero-order valence-electron chi connectivity index (χ0n) is 11.6. The summed E-state index contributed by atoms with van der Waals surface area (Å²) in [5.41, 5.74) is 1.90. The molecule has 2 rings (SSSR count). The molecule has 0 saturated heterocycles. The lowest BCUT2D eigenvalue weighted by molar-refractivity contribution is 0.762. The van der Waals surface area contributed by atoms with Gasteiger partial charge in [-0.1, -0.05) is 41.5 Å². The van der Waals surface area contributed by atoms with Gasteiger partial charge in [-0.2, -0.15) is 5.10 Å². The van der Waals surface area contributed by atoms with Gasteiger partial charge in [0.15, 0.2) is 11.5 Å². The minimum atomic E-state index is 0.352. The Morgan fingerprint density at radius 1 is 1.06 bits per heavy atom. The Labute approximate surface area is 103 Å². The van der Waals surface area contributed by atoms with Crippen molar-refractivity contribution in [2.75, 3.05) is 0 Å². The van der Waals surface area contributed by atoms with Crippen molar-refractivity contribution in [1.29, 1.82) is 0 Å². The Morgan fingerprint density at radius 2 is 1.71 bits per heavy atom. The van der Waals surface area contributed by atoms with E-state index in [2.05, 4.69) is 42.8 Å². The highest BCUT2D eigenvalue weighted by atomic mass is 15.3. The van der Waals surface area contributed by atoms with Gasteiger partial charge < -0.3 is 0 Å². The first-order valence-electron chi connectivity index (χ1n) is 6.30. The molecule has 4 nitrogen and oxygen atoms in total. The third-order valence-electron chi connectivity index (χ3n) is 2.36. The van der Waals surface area contributed by atoms with Crippen LogP contribution in [0.25, 0.3) is 5.65 Å². The fourth-order valence-corrected chi connectivity index (χ4v) is 1.50. The number of fused-ring (bicyclic) bond motifs is 1. The quantitative estimate of drug-likeness (QED) is 0.800. The standard InChI is InChI=1S/C11H16N4.C2H6/c1-7(2)9-11-13-10(8(3)4)14-15(11)6-5-12-9;1-2/h5-8H,1-4H3;1-2H3. The molecule has 17 heavy (non-hydrogen) atoms. The van der Waals surface area contributed by atoms with Crippen molar-refractivity contribution in [3.8, 4) is 0 Å². The molecule has 0 amide bonds. The van der Waals surface area contributed by atoms with Crippen LogP contribution in [0, 0.1) is 0 Å². The van der Waals surface area contributed by atoms with Gasteiger partial charge in [-0.25, -0.2) is 9.50 Å². The Balaban J connectivity index is 0.000000686. The monoisotopic (exact) mass is 234 g/mol. The maximum atomic E-state index is 4.52. The van der Waals surface area contributed by atoms with E-state index in [0.29, 0.717) is 11.8 Å². The molecule has 2 heterocycles. The van der Waals surface area contributed by atoms with Crippen LogP contribution in [0.2, 0.25) is 0 Å². The number of aromatic nitrogens is 4. The first kappa shape index (κ1) is 13.6. The SMILES string of the molecule is CC.CC(C)c1nc2c(C(C)C)nccn2n1. The molecule has 0 aliphatic carbocycles. The Morgan fingerprint density at radius 3 is 2.24 bits per heavy atom. The van der Waals surface area contributed by atoms with Crippen LogP contribution in [0.4, 0.5) is 0 Å². The van der Waals surface area contributed by atoms with Gasteiger partial charge >= 0.3 is 0 Å². The molecule has 0 aromatic carbocycles. The Kier molecular flexibility index (Phi) is 4.61. The van der Waals surface area contributed by atoms with E-state index >= 15 is 0 Å². The molecule has 0 N–H and O–H groups in total. The van der Waals surface area contributed by atoms with Crippen molar-refractivity contribution in [1.82, 2.24) is 19.6 Å². The van der Waals surface area contributed by atoms with Gasteiger partial charge in [0.2, 0.25) is 0 Å². The molecule has 0 aliphatic rings. The summed E-state index contributed by atoms with van der Waals surface area (Å²) in [6, 6.07) is 0. The fraction of sp³-hybridized carbons (Fsp3) is 0.615. The minimum absolute atomic E-state index is 0.352. The first-order chi connectivity index (χ1) is 8.09. The summed E-state index contributed by atoms with van der Waals surface area (Å²) in [6.45, 7) is 12.4. The predicted octanol–water partition coefficient (Wildman–Crippen LogP) is 3.40. The van der Waals surface area contributed by atoms with Crippen LogP contribution in [0.5, 0.6) is 0 Å². The summed E-state index contributed by atoms with van der Waals surface area (Å²) in [6.07, 6.45) is 3.63. The molecule has 0 spiro atoms. The molecule has 2 aromatic heterocycles. The number of rotatable bonds is 2. The molecular weight excluding hydrogens is 212 g/mol. The molecule has 0 aliphatic heterocycles. The molecule has 2 aromatic rings. The second-order valence-corrected chi connectivity index (χ2v) is 4.36. The van der Waals surface area contributed by atoms with E-state index in [9.17, 15) is 0 Å². The first-order valence-corrected chi connectivity index (χ1v) is 6.30. The van der Waals surface area contributed by atoms with Crippen molar-refractivity contribution in [3.63, 3.8) is 0 Å². The minimum Gasteiger partial charge on any atom is -0.255 e. The predicted molar refractivity (Wildman–Crippen MR) is 70.3 cm³/mol. The van der Waals surface area contributed by atoms with Gasteiger partial charge in [0.05, 0.1) is 5.69 Å². The zero-order valence-corrected chi connectivity index (χ0v) is 11.6. The van der Waals surface area contributed by atoms with Crippen molar-refractivity contribution in [2.24, 2.45) is 0 Å². The van der Waals surface area contributed by atoms with Crippen LogP contribution in [0.1, 0.15) is 64.9 Å². The van der Waals surface area contributed by atoms with Crippen molar-refractivity contribution < 1.29 is 0 Å². The summed E-state index contributed by atoms with van der Waals surface area (Å²) in [5.74, 6) is 1.60. The lowest BCUT2D eigenvalue weighted by Gasteiger charge is -2.03. The van der Waals surface area contributed by atoms with Crippen molar-refractivity contribution in [3.05, 3.63) is 23.9 Å². The van der Waals surface area contributed by atoms with Gasteiger partial charge in [0.1, 0.15) is 0 Å². The maximum Gasteiger partial charge on any atom is 0.177 e. The van der Waals surface area contributed by atoms with Gasteiger partial charge in [0, 0.05) is 18.3 Å². The smallest absolute Gasteiger partial charge is 0.177 e. The second kappa shape index (κ2) is 5.75. The molecule has 4 heteroatoms. The van der Waals surface area contributed by atoms with Crippen LogP contribution in [0.3, 0.4) is 0 Å². The molecular formula is C13H22N4. The Hall–Kier alpha value is -1.45. The topological polar surface area (TPSA) is 43.1 Å². The Bertz CT molecular complexity index is 471. The third kappa shape index (κ3) is 2.81. The lowest BCUT2D eigenvalue weighted by Crippen LogP contribution is -1.98. The summed E-state index contributed by atoms with van der Waals surface area (Å²) in [7, 11) is 0. The highest BCUT2D eigenvalue weighted by Crippen LogP contribution is 2.18. The summed E-state index contributed by atoms with van der Waals surface area (Å²) >= 11 is 0. The largest absolute Gasteiger partial charge is 0.255 e. The lowest BCUT2D eigenvalue weighted by atomic mass is 10.1. The normalized spacial score (nSPS) is 10.8. The highest BCUT2D eigenvalue weighted by molar-refractivity contribution is 5.44.